The van der Waals surface area contributed by atoms with Crippen LogP contribution in [0.2, 0.25) is 0 Å². The van der Waals surface area contributed by atoms with Gasteiger partial charge in [-0.25, -0.2) is 9.59 Å². The van der Waals surface area contributed by atoms with Crippen molar-refractivity contribution in [1.82, 2.24) is 20.0 Å². The molecule has 2 rings (SSSR count). The van der Waals surface area contributed by atoms with Gasteiger partial charge in [0.1, 0.15) is 6.04 Å². The molecular formula is C12H18N4O4. The number of aliphatic carboxylic acids is 1. The molecule has 0 spiro atoms. The molecule has 1 fully saturated rings. The van der Waals surface area contributed by atoms with Crippen molar-refractivity contribution >= 4 is 12.0 Å². The maximum absolute atomic E-state index is 12.1. The van der Waals surface area contributed by atoms with Crippen molar-refractivity contribution in [2.24, 2.45) is 7.05 Å². The number of carboxylic acid groups (broad SMARTS) is 1. The molecule has 8 heteroatoms. The maximum Gasteiger partial charge on any atom is 0.326 e. The van der Waals surface area contributed by atoms with Crippen LogP contribution in [0.25, 0.3) is 0 Å². The minimum absolute atomic E-state index is 0.239. The number of hydrogen-bond acceptors (Lipinski definition) is 4. The van der Waals surface area contributed by atoms with Crippen molar-refractivity contribution < 1.29 is 19.4 Å². The monoisotopic (exact) mass is 282 g/mol. The van der Waals surface area contributed by atoms with Crippen molar-refractivity contribution in [3.8, 4) is 0 Å². The Morgan fingerprint density at radius 1 is 1.60 bits per heavy atom. The summed E-state index contributed by atoms with van der Waals surface area (Å²) in [6.45, 7) is 0.543. The number of urea groups is 1. The topological polar surface area (TPSA) is 96.7 Å². The van der Waals surface area contributed by atoms with Gasteiger partial charge in [-0.05, 0) is 6.07 Å². The first-order chi connectivity index (χ1) is 9.51. The van der Waals surface area contributed by atoms with Crippen LogP contribution in [0.3, 0.4) is 0 Å². The summed E-state index contributed by atoms with van der Waals surface area (Å²) in [7, 11) is 3.30. The van der Waals surface area contributed by atoms with Crippen LogP contribution in [0.4, 0.5) is 4.79 Å². The fraction of sp³-hybridized carbons (Fsp3) is 0.583. The second-order valence-electron chi connectivity index (χ2n) is 4.74. The van der Waals surface area contributed by atoms with E-state index in [-0.39, 0.29) is 19.2 Å². The minimum atomic E-state index is -1.02. The lowest BCUT2D eigenvalue weighted by Gasteiger charge is -2.21. The van der Waals surface area contributed by atoms with Crippen LogP contribution in [0.15, 0.2) is 12.3 Å². The third-order valence-corrected chi connectivity index (χ3v) is 3.33. The first kappa shape index (κ1) is 14.3. The SMILES string of the molecule is COC1CC(C(=O)O)N(C(=O)NCc2ccn(C)n2)C1. The van der Waals surface area contributed by atoms with E-state index >= 15 is 0 Å². The molecule has 1 aromatic heterocycles. The predicted octanol–water partition coefficient (Wildman–Crippen LogP) is -0.196. The average molecular weight is 282 g/mol. The number of nitrogens with one attached hydrogen (secondary N) is 1. The van der Waals surface area contributed by atoms with E-state index in [4.69, 9.17) is 9.84 Å². The van der Waals surface area contributed by atoms with Gasteiger partial charge >= 0.3 is 12.0 Å². The molecule has 8 nitrogen and oxygen atoms in total. The molecule has 2 unspecified atom stereocenters. The van der Waals surface area contributed by atoms with E-state index in [1.54, 1.807) is 24.0 Å². The zero-order chi connectivity index (χ0) is 14.7. The van der Waals surface area contributed by atoms with Gasteiger partial charge in [-0.2, -0.15) is 5.10 Å². The molecule has 0 radical (unpaired) electrons. The van der Waals surface area contributed by atoms with Crippen molar-refractivity contribution in [2.75, 3.05) is 13.7 Å². The zero-order valence-electron chi connectivity index (χ0n) is 11.4. The molecule has 1 aliphatic heterocycles. The number of aryl methyl sites for hydroxylation is 1. The summed E-state index contributed by atoms with van der Waals surface area (Å²) in [5.41, 5.74) is 0.718. The fourth-order valence-corrected chi connectivity index (χ4v) is 2.25. The number of carbonyl (C=O) groups excluding carboxylic acids is 1. The molecule has 110 valence electrons. The van der Waals surface area contributed by atoms with Crippen LogP contribution < -0.4 is 5.32 Å². The van der Waals surface area contributed by atoms with Gasteiger partial charge in [-0.1, -0.05) is 0 Å². The zero-order valence-corrected chi connectivity index (χ0v) is 11.4. The lowest BCUT2D eigenvalue weighted by atomic mass is 10.2. The average Bonchev–Trinajstić information content (AvgIpc) is 3.02. The summed E-state index contributed by atoms with van der Waals surface area (Å²) < 4.78 is 6.77. The number of carbonyl (C=O) groups is 2. The van der Waals surface area contributed by atoms with Crippen LogP contribution >= 0.6 is 0 Å². The third kappa shape index (κ3) is 3.08. The van der Waals surface area contributed by atoms with Crippen LogP contribution in [0.1, 0.15) is 12.1 Å². The van der Waals surface area contributed by atoms with E-state index in [9.17, 15) is 9.59 Å². The lowest BCUT2D eigenvalue weighted by Crippen LogP contribution is -2.46. The Balaban J connectivity index is 1.95. The summed E-state index contributed by atoms with van der Waals surface area (Å²) in [6.07, 6.45) is 1.85. The Morgan fingerprint density at radius 3 is 2.90 bits per heavy atom. The Hall–Kier alpha value is -2.09. The van der Waals surface area contributed by atoms with Crippen molar-refractivity contribution in [3.63, 3.8) is 0 Å². The summed E-state index contributed by atoms with van der Waals surface area (Å²) in [4.78, 5) is 24.5. The molecule has 2 heterocycles. The van der Waals surface area contributed by atoms with E-state index in [2.05, 4.69) is 10.4 Å². The van der Waals surface area contributed by atoms with Crippen LogP contribution in [-0.2, 0) is 23.1 Å². The molecule has 0 saturated carbocycles. The van der Waals surface area contributed by atoms with E-state index in [1.807, 2.05) is 0 Å². The molecule has 2 amide bonds. The van der Waals surface area contributed by atoms with E-state index in [0.29, 0.717) is 6.42 Å². The molecule has 20 heavy (non-hydrogen) atoms. The molecular weight excluding hydrogens is 264 g/mol. The summed E-state index contributed by atoms with van der Waals surface area (Å²) in [5, 5.41) is 16.0. The van der Waals surface area contributed by atoms with E-state index < -0.39 is 18.0 Å². The molecule has 1 aliphatic rings. The Bertz CT molecular complexity index is 501. The molecule has 2 N–H and O–H groups in total. The second-order valence-corrected chi connectivity index (χ2v) is 4.74. The number of hydrogen-bond donors (Lipinski definition) is 2. The Kier molecular flexibility index (Phi) is 4.23. The van der Waals surface area contributed by atoms with Gasteiger partial charge in [-0.15, -0.1) is 0 Å². The maximum atomic E-state index is 12.1. The largest absolute Gasteiger partial charge is 0.480 e. The number of amides is 2. The summed E-state index contributed by atoms with van der Waals surface area (Å²) in [6, 6.07) is 0.531. The molecule has 2 atom stereocenters. The third-order valence-electron chi connectivity index (χ3n) is 3.33. The number of aromatic nitrogens is 2. The van der Waals surface area contributed by atoms with Gasteiger partial charge in [-0.3, -0.25) is 4.68 Å². The van der Waals surface area contributed by atoms with Gasteiger partial charge in [0.25, 0.3) is 0 Å². The number of likely N-dealkylation sites (tertiary alicyclic amines) is 1. The van der Waals surface area contributed by atoms with Crippen molar-refractivity contribution in [3.05, 3.63) is 18.0 Å². The van der Waals surface area contributed by atoms with Crippen LogP contribution in [-0.4, -0.2) is 57.6 Å². The molecule has 1 saturated heterocycles. The van der Waals surface area contributed by atoms with E-state index in [0.717, 1.165) is 5.69 Å². The normalized spacial score (nSPS) is 22.0. The number of rotatable bonds is 4. The highest BCUT2D eigenvalue weighted by Crippen LogP contribution is 2.20. The summed E-state index contributed by atoms with van der Waals surface area (Å²) in [5.74, 6) is -1.02. The molecule has 0 aromatic carbocycles. The van der Waals surface area contributed by atoms with Gasteiger partial charge in [0.15, 0.2) is 0 Å². The first-order valence-electron chi connectivity index (χ1n) is 6.30. The number of carboxylic acids is 1. The fourth-order valence-electron chi connectivity index (χ4n) is 2.25. The smallest absolute Gasteiger partial charge is 0.326 e. The number of ether oxygens (including phenoxy) is 1. The molecule has 0 aliphatic carbocycles. The van der Waals surface area contributed by atoms with Gasteiger partial charge < -0.3 is 20.1 Å². The summed E-state index contributed by atoms with van der Waals surface area (Å²) >= 11 is 0. The molecule has 1 aromatic rings. The quantitative estimate of drug-likeness (QED) is 0.797. The highest BCUT2D eigenvalue weighted by Gasteiger charge is 2.39. The first-order valence-corrected chi connectivity index (χ1v) is 6.30. The lowest BCUT2D eigenvalue weighted by molar-refractivity contribution is -0.141. The van der Waals surface area contributed by atoms with Gasteiger partial charge in [0.05, 0.1) is 18.3 Å². The highest BCUT2D eigenvalue weighted by atomic mass is 16.5. The second kappa shape index (κ2) is 5.91. The van der Waals surface area contributed by atoms with Crippen molar-refractivity contribution in [2.45, 2.75) is 25.1 Å². The van der Waals surface area contributed by atoms with Crippen LogP contribution in [0, 0.1) is 0 Å². The van der Waals surface area contributed by atoms with Crippen LogP contribution in [0.5, 0.6) is 0 Å². The Labute approximate surface area is 116 Å². The van der Waals surface area contributed by atoms with Crippen molar-refractivity contribution in [1.29, 1.82) is 0 Å². The van der Waals surface area contributed by atoms with E-state index in [1.165, 1.54) is 12.0 Å². The highest BCUT2D eigenvalue weighted by molar-refractivity contribution is 5.83. The number of methoxy groups -OCH3 is 1. The minimum Gasteiger partial charge on any atom is -0.480 e. The van der Waals surface area contributed by atoms with Gasteiger partial charge in [0.2, 0.25) is 0 Å². The Morgan fingerprint density at radius 2 is 2.35 bits per heavy atom. The standard InChI is InChI=1S/C12H18N4O4/c1-15-4-3-8(14-15)6-13-12(19)16-7-9(20-2)5-10(16)11(17)18/h3-4,9-10H,5-7H2,1-2H3,(H,13,19)(H,17,18). The molecule has 0 bridgehead atoms. The number of nitrogens with zero attached hydrogens (tertiary/aromatic N) is 3. The predicted molar refractivity (Wildman–Crippen MR) is 69.0 cm³/mol. The van der Waals surface area contributed by atoms with Gasteiger partial charge in [0, 0.05) is 33.3 Å².